The quantitative estimate of drug-likeness (QED) is 0.788. The first-order chi connectivity index (χ1) is 10.5. The van der Waals surface area contributed by atoms with Gasteiger partial charge in [0.1, 0.15) is 5.67 Å². The first-order valence-corrected chi connectivity index (χ1v) is 9.36. The summed E-state index contributed by atoms with van der Waals surface area (Å²) < 4.78 is 15.2. The lowest BCUT2D eigenvalue weighted by Gasteiger charge is -2.45. The van der Waals surface area contributed by atoms with Gasteiger partial charge in [-0.3, -0.25) is 9.80 Å². The monoisotopic (exact) mass is 327 g/mol. The Labute approximate surface area is 143 Å². The molecular weight excluding hydrogens is 289 g/mol. The maximum atomic E-state index is 15.2. The van der Waals surface area contributed by atoms with Crippen molar-refractivity contribution in [3.63, 3.8) is 0 Å². The van der Waals surface area contributed by atoms with Crippen LogP contribution in [0.15, 0.2) is 0 Å². The highest BCUT2D eigenvalue weighted by Gasteiger charge is 2.39. The largest absolute Gasteiger partial charge is 0.300 e. The molecule has 4 heteroatoms. The van der Waals surface area contributed by atoms with E-state index in [4.69, 9.17) is 0 Å². The van der Waals surface area contributed by atoms with Crippen LogP contribution in [0.3, 0.4) is 0 Å². The van der Waals surface area contributed by atoms with E-state index in [9.17, 15) is 0 Å². The Bertz CT molecular complexity index is 367. The first kappa shape index (κ1) is 19.1. The molecule has 23 heavy (non-hydrogen) atoms. The smallest absolute Gasteiger partial charge is 0.126 e. The lowest BCUT2D eigenvalue weighted by Crippen LogP contribution is -2.56. The molecule has 0 radical (unpaired) electrons. The van der Waals surface area contributed by atoms with Crippen LogP contribution < -0.4 is 0 Å². The average Bonchev–Trinajstić information content (AvgIpc) is 2.38. The van der Waals surface area contributed by atoms with E-state index < -0.39 is 5.67 Å². The van der Waals surface area contributed by atoms with E-state index in [1.807, 2.05) is 0 Å². The fraction of sp³-hybridized carbons (Fsp3) is 1.00. The summed E-state index contributed by atoms with van der Waals surface area (Å²) in [6, 6.07) is 0. The van der Waals surface area contributed by atoms with E-state index in [0.717, 1.165) is 45.8 Å². The summed E-state index contributed by atoms with van der Waals surface area (Å²) in [5.41, 5.74) is -0.461. The van der Waals surface area contributed by atoms with Gasteiger partial charge in [0.25, 0.3) is 0 Å². The predicted octanol–water partition coefficient (Wildman–Crippen LogP) is 3.25. The first-order valence-electron chi connectivity index (χ1n) is 9.36. The topological polar surface area (TPSA) is 9.72 Å². The maximum Gasteiger partial charge on any atom is 0.126 e. The Morgan fingerprint density at radius 1 is 0.783 bits per heavy atom. The molecule has 0 aromatic rings. The van der Waals surface area contributed by atoms with Crippen LogP contribution in [0.4, 0.5) is 4.39 Å². The number of halogens is 1. The Balaban J connectivity index is 1.76. The van der Waals surface area contributed by atoms with Crippen LogP contribution in [0.1, 0.15) is 54.4 Å². The second kappa shape index (κ2) is 6.97. The molecule has 0 N–H and O–H groups in total. The molecule has 0 aromatic heterocycles. The number of nitrogens with zero attached hydrogens (tertiary/aromatic N) is 3. The van der Waals surface area contributed by atoms with E-state index in [1.165, 1.54) is 0 Å². The van der Waals surface area contributed by atoms with Crippen LogP contribution >= 0.6 is 0 Å². The molecule has 0 spiro atoms. The minimum absolute atomic E-state index is 0.167. The normalized spacial score (nSPS) is 25.7. The Kier molecular flexibility index (Phi) is 5.80. The molecule has 2 heterocycles. The van der Waals surface area contributed by atoms with Crippen molar-refractivity contribution in [2.24, 2.45) is 5.41 Å². The minimum Gasteiger partial charge on any atom is -0.300 e. The minimum atomic E-state index is -0.978. The lowest BCUT2D eigenvalue weighted by atomic mass is 9.89. The molecule has 0 amide bonds. The number of likely N-dealkylation sites (tertiary alicyclic amines) is 1. The highest BCUT2D eigenvalue weighted by molar-refractivity contribution is 4.93. The fourth-order valence-electron chi connectivity index (χ4n) is 3.91. The molecule has 0 aromatic carbocycles. The highest BCUT2D eigenvalue weighted by Crippen LogP contribution is 2.31. The SMILES string of the molecule is CC(C)(C)CN1CCN(CC2(F)CCN(C(C)(C)C)CC2)CC1. The van der Waals surface area contributed by atoms with Crippen LogP contribution in [-0.2, 0) is 0 Å². The highest BCUT2D eigenvalue weighted by atomic mass is 19.1. The summed E-state index contributed by atoms with van der Waals surface area (Å²) in [5.74, 6) is 0. The third kappa shape index (κ3) is 5.99. The van der Waals surface area contributed by atoms with Crippen molar-refractivity contribution >= 4 is 0 Å². The fourth-order valence-corrected chi connectivity index (χ4v) is 3.91. The Morgan fingerprint density at radius 3 is 1.70 bits per heavy atom. The second-order valence-electron chi connectivity index (χ2n) is 9.92. The van der Waals surface area contributed by atoms with Crippen molar-refractivity contribution < 1.29 is 4.39 Å². The van der Waals surface area contributed by atoms with Crippen molar-refractivity contribution in [1.82, 2.24) is 14.7 Å². The zero-order valence-electron chi connectivity index (χ0n) is 16.3. The molecule has 0 atom stereocenters. The molecule has 0 bridgehead atoms. The zero-order valence-corrected chi connectivity index (χ0v) is 16.3. The van der Waals surface area contributed by atoms with Gasteiger partial charge in [0.15, 0.2) is 0 Å². The standard InChI is InChI=1S/C19H38FN3/c1-17(2,3)15-21-11-13-22(14-12-21)16-19(20)7-9-23(10-8-19)18(4,5)6/h7-16H2,1-6H3. The van der Waals surface area contributed by atoms with Gasteiger partial charge in [-0.05, 0) is 39.0 Å². The third-order valence-corrected chi connectivity index (χ3v) is 5.28. The molecule has 2 aliphatic heterocycles. The van der Waals surface area contributed by atoms with Crippen LogP contribution in [0.5, 0.6) is 0 Å². The summed E-state index contributed by atoms with van der Waals surface area (Å²) in [4.78, 5) is 7.31. The van der Waals surface area contributed by atoms with Gasteiger partial charge in [-0.1, -0.05) is 20.8 Å². The van der Waals surface area contributed by atoms with E-state index in [-0.39, 0.29) is 5.54 Å². The molecule has 0 aliphatic carbocycles. The van der Waals surface area contributed by atoms with Gasteiger partial charge in [0.2, 0.25) is 0 Å². The summed E-state index contributed by atoms with van der Waals surface area (Å²) in [6.07, 6.45) is 1.37. The summed E-state index contributed by atoms with van der Waals surface area (Å²) >= 11 is 0. The van der Waals surface area contributed by atoms with E-state index in [0.29, 0.717) is 24.8 Å². The van der Waals surface area contributed by atoms with Gasteiger partial charge < -0.3 is 4.90 Å². The number of alkyl halides is 1. The number of piperidine rings is 1. The van der Waals surface area contributed by atoms with Gasteiger partial charge in [-0.2, -0.15) is 0 Å². The van der Waals surface area contributed by atoms with Crippen LogP contribution in [-0.4, -0.2) is 78.3 Å². The maximum absolute atomic E-state index is 15.2. The molecule has 3 nitrogen and oxygen atoms in total. The Morgan fingerprint density at radius 2 is 1.26 bits per heavy atom. The number of piperazine rings is 1. The zero-order chi connectivity index (χ0) is 17.3. The molecule has 136 valence electrons. The van der Waals surface area contributed by atoms with Crippen molar-refractivity contribution in [3.8, 4) is 0 Å². The van der Waals surface area contributed by atoms with Crippen LogP contribution in [0.25, 0.3) is 0 Å². The van der Waals surface area contributed by atoms with Gasteiger partial charge in [0.05, 0.1) is 0 Å². The van der Waals surface area contributed by atoms with Crippen molar-refractivity contribution in [3.05, 3.63) is 0 Å². The van der Waals surface area contributed by atoms with Gasteiger partial charge in [-0.25, -0.2) is 4.39 Å². The molecular formula is C19H38FN3. The third-order valence-electron chi connectivity index (χ3n) is 5.28. The summed E-state index contributed by atoms with van der Waals surface area (Å²) in [5, 5.41) is 0. The average molecular weight is 328 g/mol. The van der Waals surface area contributed by atoms with Crippen molar-refractivity contribution in [2.45, 2.75) is 65.6 Å². The van der Waals surface area contributed by atoms with Crippen LogP contribution in [0.2, 0.25) is 0 Å². The number of rotatable bonds is 3. The Hall–Kier alpha value is -0.190. The van der Waals surface area contributed by atoms with Gasteiger partial charge >= 0.3 is 0 Å². The van der Waals surface area contributed by atoms with Gasteiger partial charge in [0, 0.05) is 57.9 Å². The molecule has 2 rings (SSSR count). The van der Waals surface area contributed by atoms with E-state index in [1.54, 1.807) is 0 Å². The van der Waals surface area contributed by atoms with Crippen LogP contribution in [0, 0.1) is 5.41 Å². The van der Waals surface area contributed by atoms with Crippen molar-refractivity contribution in [2.75, 3.05) is 52.4 Å². The van der Waals surface area contributed by atoms with E-state index in [2.05, 4.69) is 56.2 Å². The lowest BCUT2D eigenvalue weighted by molar-refractivity contribution is -0.0146. The summed E-state index contributed by atoms with van der Waals surface area (Å²) in [6.45, 7) is 21.3. The predicted molar refractivity (Wildman–Crippen MR) is 96.7 cm³/mol. The molecule has 2 aliphatic rings. The van der Waals surface area contributed by atoms with Crippen molar-refractivity contribution in [1.29, 1.82) is 0 Å². The molecule has 2 fully saturated rings. The summed E-state index contributed by atoms with van der Waals surface area (Å²) in [7, 11) is 0. The molecule has 0 unspecified atom stereocenters. The second-order valence-corrected chi connectivity index (χ2v) is 9.92. The number of hydrogen-bond acceptors (Lipinski definition) is 3. The van der Waals surface area contributed by atoms with E-state index >= 15 is 4.39 Å². The molecule has 0 saturated carbocycles. The van der Waals surface area contributed by atoms with Gasteiger partial charge in [-0.15, -0.1) is 0 Å². The number of hydrogen-bond donors (Lipinski definition) is 0. The molecule has 2 saturated heterocycles.